The Kier molecular flexibility index (Phi) is 5.74. The van der Waals surface area contributed by atoms with Crippen LogP contribution in [0, 0.1) is 0 Å². The maximum atomic E-state index is 5.07. The van der Waals surface area contributed by atoms with E-state index in [9.17, 15) is 0 Å². The Hall–Kier alpha value is -6.20. The van der Waals surface area contributed by atoms with Gasteiger partial charge >= 0.3 is 0 Å². The molecule has 0 aliphatic heterocycles. The van der Waals surface area contributed by atoms with E-state index in [4.69, 9.17) is 19.9 Å². The Morgan fingerprint density at radius 2 is 1.11 bits per heavy atom. The van der Waals surface area contributed by atoms with Crippen molar-refractivity contribution in [3.05, 3.63) is 152 Å². The predicted octanol–water partition coefficient (Wildman–Crippen LogP) is 9.67. The van der Waals surface area contributed by atoms with Gasteiger partial charge < -0.3 is 0 Å². The van der Waals surface area contributed by atoms with Gasteiger partial charge in [0.05, 0.1) is 40.3 Å². The second kappa shape index (κ2) is 10.2. The zero-order chi connectivity index (χ0) is 29.7. The third kappa shape index (κ3) is 4.17. The molecule has 5 nitrogen and oxygen atoms in total. The molecule has 9 rings (SSSR count). The van der Waals surface area contributed by atoms with E-state index in [0.717, 1.165) is 67.0 Å². The van der Waals surface area contributed by atoms with Crippen LogP contribution in [-0.4, -0.2) is 24.5 Å². The zero-order valence-corrected chi connectivity index (χ0v) is 24.2. The molecule has 0 spiro atoms. The van der Waals surface area contributed by atoms with Gasteiger partial charge in [-0.15, -0.1) is 0 Å². The van der Waals surface area contributed by atoms with Crippen LogP contribution in [0.15, 0.2) is 152 Å². The number of fused-ring (bicyclic) bond motifs is 6. The lowest BCUT2D eigenvalue weighted by molar-refractivity contribution is 1.10. The highest BCUT2D eigenvalue weighted by Crippen LogP contribution is 2.36. The summed E-state index contributed by atoms with van der Waals surface area (Å²) in [5.74, 6) is 0.900. The first-order valence-electron chi connectivity index (χ1n) is 15.0. The predicted molar refractivity (Wildman–Crippen MR) is 183 cm³/mol. The van der Waals surface area contributed by atoms with Gasteiger partial charge in [-0.1, -0.05) is 109 Å². The van der Waals surface area contributed by atoms with E-state index in [1.54, 1.807) is 0 Å². The van der Waals surface area contributed by atoms with Crippen molar-refractivity contribution < 1.29 is 0 Å². The summed E-state index contributed by atoms with van der Waals surface area (Å²) >= 11 is 0. The fourth-order valence-electron chi connectivity index (χ4n) is 6.37. The number of imidazole rings is 1. The molecule has 6 aromatic carbocycles. The number of rotatable bonds is 4. The SMILES string of the molecule is c1ccc(-n2c(-c3ccc(-c4cnc(-c5nc6ccccc6c6c5ccc5ccccc56)cn4)cc3)nc3ccccc32)cc1. The summed E-state index contributed by atoms with van der Waals surface area (Å²) in [7, 11) is 0. The summed E-state index contributed by atoms with van der Waals surface area (Å²) in [5, 5.41) is 5.81. The number of nitrogens with zero attached hydrogens (tertiary/aromatic N) is 5. The van der Waals surface area contributed by atoms with Crippen molar-refractivity contribution in [2.45, 2.75) is 0 Å². The van der Waals surface area contributed by atoms with E-state index in [1.165, 1.54) is 16.2 Å². The number of hydrogen-bond donors (Lipinski definition) is 0. The summed E-state index contributed by atoms with van der Waals surface area (Å²) in [6.07, 6.45) is 3.68. The molecule has 210 valence electrons. The molecule has 0 radical (unpaired) electrons. The minimum Gasteiger partial charge on any atom is -0.292 e. The van der Waals surface area contributed by atoms with Crippen molar-refractivity contribution in [2.24, 2.45) is 0 Å². The lowest BCUT2D eigenvalue weighted by Gasteiger charge is -2.12. The molecule has 0 unspecified atom stereocenters. The van der Waals surface area contributed by atoms with Gasteiger partial charge in [0, 0.05) is 33.0 Å². The first kappa shape index (κ1) is 25.3. The van der Waals surface area contributed by atoms with E-state index < -0.39 is 0 Å². The van der Waals surface area contributed by atoms with Crippen LogP contribution < -0.4 is 0 Å². The van der Waals surface area contributed by atoms with Crippen LogP contribution in [0.2, 0.25) is 0 Å². The molecule has 0 saturated carbocycles. The molecular weight excluding hydrogens is 550 g/mol. The maximum absolute atomic E-state index is 5.07. The van der Waals surface area contributed by atoms with E-state index >= 15 is 0 Å². The van der Waals surface area contributed by atoms with Crippen molar-refractivity contribution in [2.75, 3.05) is 0 Å². The molecule has 0 N–H and O–H groups in total. The summed E-state index contributed by atoms with van der Waals surface area (Å²) in [4.78, 5) is 19.8. The molecular formula is C40H25N5. The lowest BCUT2D eigenvalue weighted by Crippen LogP contribution is -1.97. The van der Waals surface area contributed by atoms with Gasteiger partial charge in [0.2, 0.25) is 0 Å². The quantitative estimate of drug-likeness (QED) is 0.196. The molecule has 0 atom stereocenters. The Balaban J connectivity index is 1.11. The van der Waals surface area contributed by atoms with Crippen LogP contribution in [0.1, 0.15) is 0 Å². The number of hydrogen-bond acceptors (Lipinski definition) is 4. The molecule has 0 saturated heterocycles. The molecule has 0 amide bonds. The maximum Gasteiger partial charge on any atom is 0.145 e. The molecule has 9 aromatic rings. The Morgan fingerprint density at radius 1 is 0.444 bits per heavy atom. The van der Waals surface area contributed by atoms with E-state index in [0.29, 0.717) is 0 Å². The number of benzene rings is 6. The van der Waals surface area contributed by atoms with Crippen molar-refractivity contribution in [3.8, 4) is 39.7 Å². The summed E-state index contributed by atoms with van der Waals surface area (Å²) in [5.41, 5.74) is 8.47. The Bertz CT molecular complexity index is 2500. The topological polar surface area (TPSA) is 56.5 Å². The first-order chi connectivity index (χ1) is 22.3. The zero-order valence-electron chi connectivity index (χ0n) is 24.2. The molecule has 0 aliphatic rings. The van der Waals surface area contributed by atoms with Crippen molar-refractivity contribution in [3.63, 3.8) is 0 Å². The minimum absolute atomic E-state index is 0.748. The fraction of sp³-hybridized carbons (Fsp3) is 0. The molecule has 5 heteroatoms. The van der Waals surface area contributed by atoms with Gasteiger partial charge in [0.15, 0.2) is 0 Å². The lowest BCUT2D eigenvalue weighted by atomic mass is 9.96. The molecule has 0 bridgehead atoms. The molecule has 3 heterocycles. The van der Waals surface area contributed by atoms with Gasteiger partial charge in [0.25, 0.3) is 0 Å². The van der Waals surface area contributed by atoms with Crippen LogP contribution in [0.5, 0.6) is 0 Å². The minimum atomic E-state index is 0.748. The van der Waals surface area contributed by atoms with Crippen LogP contribution in [0.25, 0.3) is 83.2 Å². The Labute approximate surface area is 259 Å². The highest BCUT2D eigenvalue weighted by molar-refractivity contribution is 6.22. The highest BCUT2D eigenvalue weighted by atomic mass is 15.1. The van der Waals surface area contributed by atoms with Gasteiger partial charge in [0.1, 0.15) is 11.5 Å². The van der Waals surface area contributed by atoms with Gasteiger partial charge in [-0.05, 0) is 41.1 Å². The van der Waals surface area contributed by atoms with E-state index in [-0.39, 0.29) is 0 Å². The smallest absolute Gasteiger partial charge is 0.145 e. The van der Waals surface area contributed by atoms with Crippen LogP contribution >= 0.6 is 0 Å². The third-order valence-corrected chi connectivity index (χ3v) is 8.50. The van der Waals surface area contributed by atoms with Crippen LogP contribution in [-0.2, 0) is 0 Å². The molecule has 3 aromatic heterocycles. The molecule has 45 heavy (non-hydrogen) atoms. The van der Waals surface area contributed by atoms with Crippen molar-refractivity contribution in [1.29, 1.82) is 0 Å². The highest BCUT2D eigenvalue weighted by Gasteiger charge is 2.16. The standard InChI is InChI=1S/C40H25N5/c1-2-11-29(12-3-1)45-37-17-9-8-16-34(37)44-40(45)28-20-18-27(19-21-28)35-24-42-36(25-41-35)39-32-23-22-26-10-4-5-13-30(26)38(32)31-14-6-7-15-33(31)43-39/h1-25H. The Morgan fingerprint density at radius 3 is 1.93 bits per heavy atom. The second-order valence-corrected chi connectivity index (χ2v) is 11.1. The number of para-hydroxylation sites is 4. The summed E-state index contributed by atoms with van der Waals surface area (Å²) in [6, 6.07) is 48.1. The monoisotopic (exact) mass is 575 g/mol. The number of pyridine rings is 1. The first-order valence-corrected chi connectivity index (χ1v) is 15.0. The largest absolute Gasteiger partial charge is 0.292 e. The second-order valence-electron chi connectivity index (χ2n) is 11.1. The average molecular weight is 576 g/mol. The average Bonchev–Trinajstić information content (AvgIpc) is 3.51. The van der Waals surface area contributed by atoms with Crippen molar-refractivity contribution >= 4 is 43.5 Å². The third-order valence-electron chi connectivity index (χ3n) is 8.50. The van der Waals surface area contributed by atoms with Gasteiger partial charge in [-0.3, -0.25) is 14.5 Å². The van der Waals surface area contributed by atoms with Gasteiger partial charge in [-0.2, -0.15) is 0 Å². The van der Waals surface area contributed by atoms with Crippen LogP contribution in [0.4, 0.5) is 0 Å². The van der Waals surface area contributed by atoms with E-state index in [1.807, 2.05) is 30.6 Å². The molecule has 0 aliphatic carbocycles. The molecule has 0 fully saturated rings. The van der Waals surface area contributed by atoms with Gasteiger partial charge in [-0.25, -0.2) is 9.97 Å². The summed E-state index contributed by atoms with van der Waals surface area (Å²) < 4.78 is 2.21. The fourth-order valence-corrected chi connectivity index (χ4v) is 6.37. The summed E-state index contributed by atoms with van der Waals surface area (Å²) in [6.45, 7) is 0. The normalized spacial score (nSPS) is 11.6. The van der Waals surface area contributed by atoms with Crippen molar-refractivity contribution in [1.82, 2.24) is 24.5 Å². The van der Waals surface area contributed by atoms with E-state index in [2.05, 4.69) is 126 Å². The number of aromatic nitrogens is 5. The van der Waals surface area contributed by atoms with Crippen LogP contribution in [0.3, 0.4) is 0 Å².